The van der Waals surface area contributed by atoms with Gasteiger partial charge in [0.05, 0.1) is 38.5 Å². The average molecular weight is 331 g/mol. The van der Waals surface area contributed by atoms with Crippen LogP contribution in [0.1, 0.15) is 0 Å². The van der Waals surface area contributed by atoms with Gasteiger partial charge >= 0.3 is 5.97 Å². The van der Waals surface area contributed by atoms with Crippen LogP contribution in [0.15, 0.2) is 30.4 Å². The molecule has 1 amide bonds. The van der Waals surface area contributed by atoms with Crippen molar-refractivity contribution >= 4 is 17.6 Å². The molecule has 24 heavy (non-hydrogen) atoms. The maximum Gasteiger partial charge on any atom is 0.310 e. The summed E-state index contributed by atoms with van der Waals surface area (Å²) in [6, 6.07) is 5.16. The number of carbonyl (C=O) groups is 2. The Balaban J connectivity index is 1.74. The molecule has 1 aromatic carbocycles. The van der Waals surface area contributed by atoms with Crippen LogP contribution in [0.3, 0.4) is 0 Å². The normalized spacial score (nSPS) is 33.0. The van der Waals surface area contributed by atoms with E-state index in [1.54, 1.807) is 36.3 Å². The highest BCUT2D eigenvalue weighted by atomic mass is 16.5. The first-order chi connectivity index (χ1) is 11.5. The van der Waals surface area contributed by atoms with Crippen molar-refractivity contribution in [1.82, 2.24) is 0 Å². The van der Waals surface area contributed by atoms with Crippen LogP contribution in [-0.2, 0) is 14.3 Å². The molecular formula is C17H17NO6. The van der Waals surface area contributed by atoms with Crippen LogP contribution in [-0.4, -0.2) is 49.5 Å². The van der Waals surface area contributed by atoms with Crippen molar-refractivity contribution in [3.63, 3.8) is 0 Å². The molecule has 0 saturated carbocycles. The van der Waals surface area contributed by atoms with Crippen LogP contribution >= 0.6 is 0 Å². The summed E-state index contributed by atoms with van der Waals surface area (Å²) in [5, 5.41) is 9.50. The average Bonchev–Trinajstić information content (AvgIpc) is 3.22. The van der Waals surface area contributed by atoms with Crippen molar-refractivity contribution in [2.75, 3.05) is 25.7 Å². The number of benzene rings is 1. The molecule has 2 fully saturated rings. The van der Waals surface area contributed by atoms with E-state index >= 15 is 0 Å². The van der Waals surface area contributed by atoms with Crippen LogP contribution < -0.4 is 14.4 Å². The van der Waals surface area contributed by atoms with Gasteiger partial charge in [-0.05, 0) is 12.1 Å². The van der Waals surface area contributed by atoms with Gasteiger partial charge in [0.1, 0.15) is 23.0 Å². The van der Waals surface area contributed by atoms with Gasteiger partial charge in [-0.25, -0.2) is 0 Å². The van der Waals surface area contributed by atoms with Gasteiger partial charge in [-0.2, -0.15) is 0 Å². The number of carbonyl (C=O) groups excluding carboxylic acids is 1. The lowest BCUT2D eigenvalue weighted by atomic mass is 9.77. The predicted molar refractivity (Wildman–Crippen MR) is 83.3 cm³/mol. The highest BCUT2D eigenvalue weighted by Gasteiger charge is 2.67. The number of carboxylic acid groups (broad SMARTS) is 1. The minimum absolute atomic E-state index is 0.252. The number of aliphatic carboxylic acids is 1. The molecule has 1 aromatic rings. The van der Waals surface area contributed by atoms with E-state index in [4.69, 9.17) is 14.2 Å². The maximum atomic E-state index is 13.0. The number of methoxy groups -OCH3 is 2. The summed E-state index contributed by atoms with van der Waals surface area (Å²) in [7, 11) is 3.06. The molecule has 7 nitrogen and oxygen atoms in total. The summed E-state index contributed by atoms with van der Waals surface area (Å²) < 4.78 is 16.4. The number of nitrogens with zero attached hydrogens (tertiary/aromatic N) is 1. The molecule has 2 bridgehead atoms. The Kier molecular flexibility index (Phi) is 3.11. The molecule has 3 aliphatic heterocycles. The fourth-order valence-electron chi connectivity index (χ4n) is 3.99. The summed E-state index contributed by atoms with van der Waals surface area (Å²) in [5.41, 5.74) is -0.285. The zero-order valence-corrected chi connectivity index (χ0v) is 13.3. The van der Waals surface area contributed by atoms with Crippen molar-refractivity contribution in [2.45, 2.75) is 11.7 Å². The third-order valence-corrected chi connectivity index (χ3v) is 5.06. The molecule has 0 unspecified atom stereocenters. The second kappa shape index (κ2) is 4.98. The minimum atomic E-state index is -1.01. The highest BCUT2D eigenvalue weighted by Crippen LogP contribution is 2.53. The van der Waals surface area contributed by atoms with Crippen LogP contribution in [0.5, 0.6) is 11.5 Å². The number of hydrogen-bond donors (Lipinski definition) is 1. The largest absolute Gasteiger partial charge is 0.497 e. The monoisotopic (exact) mass is 331 g/mol. The third kappa shape index (κ3) is 1.81. The molecule has 4 rings (SSSR count). The molecule has 1 spiro atoms. The zero-order chi connectivity index (χ0) is 17.1. The number of rotatable bonds is 4. The predicted octanol–water partition coefficient (Wildman–Crippen LogP) is 1.07. The lowest BCUT2D eigenvalue weighted by Crippen LogP contribution is -2.39. The van der Waals surface area contributed by atoms with Crippen molar-refractivity contribution < 1.29 is 28.9 Å². The first-order valence-corrected chi connectivity index (χ1v) is 7.64. The SMILES string of the molecule is COc1ccc(N2C[C@]34C=C[C@H](O3)[C@@H](C(=O)O)[C@@H]4C2=O)c(OC)c1. The Morgan fingerprint density at radius 2 is 2.17 bits per heavy atom. The summed E-state index contributed by atoms with van der Waals surface area (Å²) in [6.45, 7) is 0.274. The Labute approximate surface area is 138 Å². The Morgan fingerprint density at radius 3 is 2.83 bits per heavy atom. The van der Waals surface area contributed by atoms with Gasteiger partial charge in [-0.3, -0.25) is 9.59 Å². The van der Waals surface area contributed by atoms with E-state index in [0.29, 0.717) is 17.2 Å². The van der Waals surface area contributed by atoms with Gasteiger partial charge in [-0.15, -0.1) is 0 Å². The van der Waals surface area contributed by atoms with Crippen LogP contribution in [0, 0.1) is 11.8 Å². The lowest BCUT2D eigenvalue weighted by molar-refractivity contribution is -0.146. The van der Waals surface area contributed by atoms with Crippen LogP contribution in [0.2, 0.25) is 0 Å². The molecule has 0 radical (unpaired) electrons. The fraction of sp³-hybridized carbons (Fsp3) is 0.412. The number of anilines is 1. The molecule has 126 valence electrons. The molecule has 1 N–H and O–H groups in total. The molecule has 4 atom stereocenters. The number of ether oxygens (including phenoxy) is 3. The van der Waals surface area contributed by atoms with E-state index in [0.717, 1.165) is 0 Å². The van der Waals surface area contributed by atoms with Gasteiger partial charge in [0.2, 0.25) is 5.91 Å². The summed E-state index contributed by atoms with van der Waals surface area (Å²) in [5.74, 6) is -1.72. The lowest BCUT2D eigenvalue weighted by Gasteiger charge is -2.23. The summed E-state index contributed by atoms with van der Waals surface area (Å²) in [4.78, 5) is 26.1. The van der Waals surface area contributed by atoms with E-state index in [9.17, 15) is 14.7 Å². The van der Waals surface area contributed by atoms with Crippen LogP contribution in [0.25, 0.3) is 0 Å². The second-order valence-corrected chi connectivity index (χ2v) is 6.20. The first-order valence-electron chi connectivity index (χ1n) is 7.64. The molecule has 0 aromatic heterocycles. The van der Waals surface area contributed by atoms with Gasteiger partial charge in [0, 0.05) is 6.07 Å². The smallest absolute Gasteiger partial charge is 0.310 e. The van der Waals surface area contributed by atoms with Gasteiger partial charge < -0.3 is 24.2 Å². The zero-order valence-electron chi connectivity index (χ0n) is 13.3. The van der Waals surface area contributed by atoms with E-state index < -0.39 is 29.5 Å². The fourth-order valence-corrected chi connectivity index (χ4v) is 3.99. The Bertz CT molecular complexity index is 759. The van der Waals surface area contributed by atoms with E-state index in [1.165, 1.54) is 7.11 Å². The van der Waals surface area contributed by atoms with E-state index in [2.05, 4.69) is 0 Å². The van der Waals surface area contributed by atoms with Crippen molar-refractivity contribution in [2.24, 2.45) is 11.8 Å². The third-order valence-electron chi connectivity index (χ3n) is 5.06. The number of fused-ring (bicyclic) bond motifs is 1. The molecule has 3 aliphatic rings. The summed E-state index contributed by atoms with van der Waals surface area (Å²) >= 11 is 0. The number of hydrogen-bond acceptors (Lipinski definition) is 5. The standard InChI is InChI=1S/C17H17NO6/c1-22-9-3-4-10(12(7-9)23-2)18-8-17-6-5-11(24-17)13(16(20)21)14(17)15(18)19/h3-7,11,13-14H,8H2,1-2H3,(H,20,21)/t11-,13+,14+,17-/m0/s1. The molecule has 3 heterocycles. The molecule has 7 heteroatoms. The number of carboxylic acids is 1. The van der Waals surface area contributed by atoms with E-state index in [-0.39, 0.29) is 12.5 Å². The van der Waals surface area contributed by atoms with E-state index in [1.807, 2.05) is 6.08 Å². The first kappa shape index (κ1) is 15.0. The number of amides is 1. The topological polar surface area (TPSA) is 85.3 Å². The maximum absolute atomic E-state index is 13.0. The Hall–Kier alpha value is -2.54. The van der Waals surface area contributed by atoms with Crippen molar-refractivity contribution in [3.05, 3.63) is 30.4 Å². The summed E-state index contributed by atoms with van der Waals surface area (Å²) in [6.07, 6.45) is 3.05. The van der Waals surface area contributed by atoms with Crippen molar-refractivity contribution in [1.29, 1.82) is 0 Å². The Morgan fingerprint density at radius 1 is 1.38 bits per heavy atom. The molecule has 0 aliphatic carbocycles. The van der Waals surface area contributed by atoms with Gasteiger partial charge in [-0.1, -0.05) is 12.2 Å². The van der Waals surface area contributed by atoms with Crippen molar-refractivity contribution in [3.8, 4) is 11.5 Å². The quantitative estimate of drug-likeness (QED) is 0.831. The molecular weight excluding hydrogens is 314 g/mol. The molecule has 2 saturated heterocycles. The second-order valence-electron chi connectivity index (χ2n) is 6.20. The minimum Gasteiger partial charge on any atom is -0.497 e. The van der Waals surface area contributed by atoms with Gasteiger partial charge in [0.25, 0.3) is 0 Å². The van der Waals surface area contributed by atoms with Gasteiger partial charge in [0.15, 0.2) is 0 Å². The van der Waals surface area contributed by atoms with Crippen LogP contribution in [0.4, 0.5) is 5.69 Å². The highest BCUT2D eigenvalue weighted by molar-refractivity contribution is 6.03.